The molecular weight excluding hydrogens is 438 g/mol. The van der Waals surface area contributed by atoms with Crippen LogP contribution >= 0.6 is 11.8 Å². The molecule has 1 aromatic rings. The van der Waals surface area contributed by atoms with E-state index in [1.807, 2.05) is 56.4 Å². The quantitative estimate of drug-likeness (QED) is 0.682. The number of likely N-dealkylation sites (tertiary alicyclic amines) is 1. The van der Waals surface area contributed by atoms with E-state index in [1.54, 1.807) is 28.6 Å². The smallest absolute Gasteiger partial charge is 0.251 e. The van der Waals surface area contributed by atoms with Gasteiger partial charge in [-0.3, -0.25) is 14.4 Å². The van der Waals surface area contributed by atoms with Crippen molar-refractivity contribution in [2.24, 2.45) is 11.8 Å². The highest BCUT2D eigenvalue weighted by molar-refractivity contribution is 8.02. The largest absolute Gasteiger partial charge is 0.395 e. The lowest BCUT2D eigenvalue weighted by atomic mass is 9.78. The van der Waals surface area contributed by atoms with Gasteiger partial charge in [0.25, 0.3) is 5.91 Å². The van der Waals surface area contributed by atoms with E-state index in [1.165, 1.54) is 4.90 Å². The molecule has 4 aliphatic heterocycles. The predicted molar refractivity (Wildman–Crippen MR) is 128 cm³/mol. The van der Waals surface area contributed by atoms with Crippen molar-refractivity contribution in [2.75, 3.05) is 38.2 Å². The third-order valence-electron chi connectivity index (χ3n) is 7.41. The Morgan fingerprint density at radius 3 is 2.48 bits per heavy atom. The number of fused-ring (bicyclic) bond motifs is 2. The Bertz CT molecular complexity index is 1070. The van der Waals surface area contributed by atoms with E-state index < -0.39 is 22.6 Å². The van der Waals surface area contributed by atoms with Gasteiger partial charge in [-0.15, -0.1) is 11.8 Å². The molecule has 0 radical (unpaired) electrons. The Morgan fingerprint density at radius 2 is 1.79 bits per heavy atom. The van der Waals surface area contributed by atoms with Crippen LogP contribution in [-0.4, -0.2) is 82.0 Å². The van der Waals surface area contributed by atoms with E-state index in [0.717, 1.165) is 16.8 Å². The summed E-state index contributed by atoms with van der Waals surface area (Å²) in [6, 6.07) is 5.16. The molecule has 2 fully saturated rings. The van der Waals surface area contributed by atoms with Gasteiger partial charge in [0, 0.05) is 37.6 Å². The average molecular weight is 468 g/mol. The summed E-state index contributed by atoms with van der Waals surface area (Å²) in [4.78, 5) is 46.3. The fraction of sp³-hybridized carbons (Fsp3) is 0.480. The molecule has 33 heavy (non-hydrogen) atoms. The van der Waals surface area contributed by atoms with Crippen LogP contribution < -0.4 is 4.90 Å². The summed E-state index contributed by atoms with van der Waals surface area (Å²) < 4.78 is -0.845. The van der Waals surface area contributed by atoms with Crippen molar-refractivity contribution in [3.8, 4) is 0 Å². The van der Waals surface area contributed by atoms with Crippen LogP contribution in [0.25, 0.3) is 0 Å². The van der Waals surface area contributed by atoms with Crippen molar-refractivity contribution in [3.63, 3.8) is 0 Å². The minimum Gasteiger partial charge on any atom is -0.395 e. The minimum absolute atomic E-state index is 0.0611. The van der Waals surface area contributed by atoms with Crippen LogP contribution in [0.2, 0.25) is 0 Å². The molecule has 0 aromatic heterocycles. The van der Waals surface area contributed by atoms with Gasteiger partial charge in [0.05, 0.1) is 23.2 Å². The van der Waals surface area contributed by atoms with Crippen LogP contribution in [0.1, 0.15) is 11.1 Å². The molecular formula is C25H29N3O4S. The zero-order valence-corrected chi connectivity index (χ0v) is 19.9. The fourth-order valence-corrected chi connectivity index (χ4v) is 8.05. The third kappa shape index (κ3) is 3.10. The molecule has 1 N–H and O–H groups in total. The Balaban J connectivity index is 1.65. The standard InChI is InChI=1S/C25H29N3O4S/c1-15-7-4-8-16(2)20(15)27-12-6-10-25-19(23(31)28(13-14-29)21(25)24(27)32)18-17(33-25)9-5-11-26(3)22(18)30/h4-10,17-19,21,29H,11-14H2,1-3H3/t17-,18+,19-,21?,25-/m0/s1. The highest BCUT2D eigenvalue weighted by atomic mass is 32.2. The number of hydrogen-bond acceptors (Lipinski definition) is 5. The Labute approximate surface area is 198 Å². The second-order valence-corrected chi connectivity index (χ2v) is 10.8. The van der Waals surface area contributed by atoms with E-state index in [4.69, 9.17) is 0 Å². The molecule has 2 saturated heterocycles. The van der Waals surface area contributed by atoms with E-state index in [2.05, 4.69) is 0 Å². The molecule has 7 nitrogen and oxygen atoms in total. The van der Waals surface area contributed by atoms with Crippen molar-refractivity contribution in [3.05, 3.63) is 53.6 Å². The summed E-state index contributed by atoms with van der Waals surface area (Å²) in [5.41, 5.74) is 2.84. The van der Waals surface area contributed by atoms with Crippen LogP contribution in [-0.2, 0) is 14.4 Å². The highest BCUT2D eigenvalue weighted by Crippen LogP contribution is 2.61. The number of para-hydroxylation sites is 1. The minimum atomic E-state index is -0.845. The van der Waals surface area contributed by atoms with Gasteiger partial charge in [-0.05, 0) is 25.0 Å². The Morgan fingerprint density at radius 1 is 1.06 bits per heavy atom. The molecule has 174 valence electrons. The second kappa shape index (κ2) is 8.02. The lowest BCUT2D eigenvalue weighted by Gasteiger charge is -2.35. The number of amides is 3. The summed E-state index contributed by atoms with van der Waals surface area (Å²) >= 11 is 1.56. The predicted octanol–water partition coefficient (Wildman–Crippen LogP) is 1.52. The van der Waals surface area contributed by atoms with E-state index in [9.17, 15) is 19.5 Å². The first-order valence-electron chi connectivity index (χ1n) is 11.4. The van der Waals surface area contributed by atoms with Crippen LogP contribution in [0.3, 0.4) is 0 Å². The van der Waals surface area contributed by atoms with Gasteiger partial charge in [0.1, 0.15) is 6.04 Å². The first kappa shape index (κ1) is 22.2. The molecule has 4 aliphatic rings. The van der Waals surface area contributed by atoms with E-state index in [0.29, 0.717) is 13.1 Å². The number of likely N-dealkylation sites (N-methyl/N-ethyl adjacent to an activating group) is 1. The zero-order valence-electron chi connectivity index (χ0n) is 19.1. The number of aryl methyl sites for hydroxylation is 2. The van der Waals surface area contributed by atoms with Gasteiger partial charge in [-0.1, -0.05) is 42.5 Å². The Kier molecular flexibility index (Phi) is 5.40. The molecule has 8 heteroatoms. The van der Waals surface area contributed by atoms with Crippen molar-refractivity contribution < 1.29 is 19.5 Å². The molecule has 1 unspecified atom stereocenters. The molecule has 0 saturated carbocycles. The van der Waals surface area contributed by atoms with Crippen LogP contribution in [0.5, 0.6) is 0 Å². The maximum atomic E-state index is 14.2. The molecule has 5 rings (SSSR count). The van der Waals surface area contributed by atoms with Crippen molar-refractivity contribution in [2.45, 2.75) is 29.9 Å². The molecule has 3 amide bonds. The summed E-state index contributed by atoms with van der Waals surface area (Å²) in [6.07, 6.45) is 7.98. The summed E-state index contributed by atoms with van der Waals surface area (Å²) in [6.45, 7) is 4.71. The SMILES string of the molecule is Cc1cccc(C)c1N1CC=C[C@]23S[C@H]4C=CCN(C)C(=O)[C@H]4[C@H]2C(=O)N(CCO)C3C1=O. The highest BCUT2D eigenvalue weighted by Gasteiger charge is 2.70. The van der Waals surface area contributed by atoms with E-state index in [-0.39, 0.29) is 36.1 Å². The number of nitrogens with zero attached hydrogens (tertiary/aromatic N) is 3. The number of aliphatic hydroxyl groups is 1. The van der Waals surface area contributed by atoms with Crippen molar-refractivity contribution in [1.29, 1.82) is 0 Å². The number of hydrogen-bond donors (Lipinski definition) is 1. The number of thioether (sulfide) groups is 1. The third-order valence-corrected chi connectivity index (χ3v) is 9.15. The molecule has 4 heterocycles. The maximum Gasteiger partial charge on any atom is 0.251 e. The molecule has 1 aromatic carbocycles. The average Bonchev–Trinajstić information content (AvgIpc) is 3.09. The molecule has 1 spiro atoms. The summed E-state index contributed by atoms with van der Waals surface area (Å²) in [5, 5.41) is 9.60. The number of carbonyl (C=O) groups is 3. The monoisotopic (exact) mass is 467 g/mol. The first-order valence-corrected chi connectivity index (χ1v) is 12.3. The first-order chi connectivity index (χ1) is 15.8. The summed E-state index contributed by atoms with van der Waals surface area (Å²) in [7, 11) is 1.75. The van der Waals surface area contributed by atoms with Gasteiger partial charge in [0.2, 0.25) is 11.8 Å². The number of carbonyl (C=O) groups excluding carboxylic acids is 3. The zero-order chi connectivity index (χ0) is 23.5. The van der Waals surface area contributed by atoms with Gasteiger partial charge < -0.3 is 19.8 Å². The lowest BCUT2D eigenvalue weighted by Crippen LogP contribution is -2.54. The molecule has 0 aliphatic carbocycles. The van der Waals surface area contributed by atoms with Crippen molar-refractivity contribution >= 4 is 35.2 Å². The number of anilines is 1. The summed E-state index contributed by atoms with van der Waals surface area (Å²) in [5.74, 6) is -1.60. The number of aliphatic hydroxyl groups excluding tert-OH is 1. The molecule has 5 atom stereocenters. The lowest BCUT2D eigenvalue weighted by molar-refractivity contribution is -0.142. The van der Waals surface area contributed by atoms with Crippen LogP contribution in [0, 0.1) is 25.7 Å². The fourth-order valence-electron chi connectivity index (χ4n) is 6.04. The molecule has 0 bridgehead atoms. The number of benzene rings is 1. The van der Waals surface area contributed by atoms with Gasteiger partial charge >= 0.3 is 0 Å². The van der Waals surface area contributed by atoms with Gasteiger partial charge in [-0.25, -0.2) is 0 Å². The Hall–Kier alpha value is -2.58. The second-order valence-electron chi connectivity index (χ2n) is 9.34. The van der Waals surface area contributed by atoms with Crippen molar-refractivity contribution in [1.82, 2.24) is 9.80 Å². The van der Waals surface area contributed by atoms with Crippen LogP contribution in [0.4, 0.5) is 5.69 Å². The normalized spacial score (nSPS) is 33.2. The number of β-amino-alcohol motifs (C(OH)–C–C–N with tert-alkyl or cyclic N) is 1. The topological polar surface area (TPSA) is 81.2 Å². The number of rotatable bonds is 3. The van der Waals surface area contributed by atoms with Gasteiger partial charge in [0.15, 0.2) is 0 Å². The van der Waals surface area contributed by atoms with E-state index >= 15 is 0 Å². The van der Waals surface area contributed by atoms with Gasteiger partial charge in [-0.2, -0.15) is 0 Å². The maximum absolute atomic E-state index is 14.2. The van der Waals surface area contributed by atoms with Crippen LogP contribution in [0.15, 0.2) is 42.5 Å².